The summed E-state index contributed by atoms with van der Waals surface area (Å²) in [4.78, 5) is 6.98. The van der Waals surface area contributed by atoms with Crippen LogP contribution in [0.1, 0.15) is 12.0 Å². The molecule has 0 bridgehead atoms. The van der Waals surface area contributed by atoms with Gasteiger partial charge in [-0.25, -0.2) is 4.98 Å². The second kappa shape index (κ2) is 5.80. The average molecular weight is 274 g/mol. The first-order chi connectivity index (χ1) is 9.40. The van der Waals surface area contributed by atoms with Crippen molar-refractivity contribution in [3.8, 4) is 0 Å². The van der Waals surface area contributed by atoms with E-state index in [0.29, 0.717) is 0 Å². The number of hydrogen-bond donors (Lipinski definition) is 1. The van der Waals surface area contributed by atoms with Crippen molar-refractivity contribution in [2.75, 3.05) is 29.5 Å². The van der Waals surface area contributed by atoms with Crippen LogP contribution < -0.4 is 4.90 Å². The summed E-state index contributed by atoms with van der Waals surface area (Å²) in [5, 5.41) is 11.7. The smallest absolute Gasteiger partial charge is 0.136 e. The molecule has 100 valence electrons. The third-order valence-corrected chi connectivity index (χ3v) is 4.60. The highest BCUT2D eigenvalue weighted by Gasteiger charge is 2.15. The van der Waals surface area contributed by atoms with Gasteiger partial charge in [-0.1, -0.05) is 24.3 Å². The number of anilines is 1. The normalized spacial score (nSPS) is 16.6. The first-order valence-electron chi connectivity index (χ1n) is 6.70. The SMILES string of the molecule is OCc1cnc(N2CCCSCC2)c2ccccc12. The van der Waals surface area contributed by atoms with Crippen molar-refractivity contribution in [3.63, 3.8) is 0 Å². The molecule has 0 unspecified atom stereocenters. The number of benzene rings is 1. The Bertz CT molecular complexity index is 565. The number of rotatable bonds is 2. The van der Waals surface area contributed by atoms with E-state index in [9.17, 15) is 5.11 Å². The summed E-state index contributed by atoms with van der Waals surface area (Å²) in [6.45, 7) is 2.17. The van der Waals surface area contributed by atoms with Crippen molar-refractivity contribution in [1.29, 1.82) is 0 Å². The number of fused-ring (bicyclic) bond motifs is 1. The standard InChI is InChI=1S/C15H18N2OS/c18-11-12-10-16-15(14-5-2-1-4-13(12)14)17-6-3-8-19-9-7-17/h1-2,4-5,10,18H,3,6-9,11H2. The van der Waals surface area contributed by atoms with Gasteiger partial charge in [-0.05, 0) is 17.6 Å². The largest absolute Gasteiger partial charge is 0.392 e. The molecule has 1 N–H and O–H groups in total. The highest BCUT2D eigenvalue weighted by Crippen LogP contribution is 2.28. The first kappa shape index (κ1) is 12.8. The van der Waals surface area contributed by atoms with Gasteiger partial charge in [0.25, 0.3) is 0 Å². The molecule has 1 aromatic carbocycles. The van der Waals surface area contributed by atoms with Crippen LogP contribution in [0.5, 0.6) is 0 Å². The summed E-state index contributed by atoms with van der Waals surface area (Å²) < 4.78 is 0. The molecule has 0 saturated carbocycles. The molecule has 0 atom stereocenters. The minimum absolute atomic E-state index is 0.0453. The molecule has 3 nitrogen and oxygen atoms in total. The molecule has 1 fully saturated rings. The summed E-state index contributed by atoms with van der Waals surface area (Å²) in [7, 11) is 0. The predicted octanol–water partition coefficient (Wildman–Crippen LogP) is 2.67. The minimum atomic E-state index is 0.0453. The van der Waals surface area contributed by atoms with Crippen LogP contribution in [0.4, 0.5) is 5.82 Å². The van der Waals surface area contributed by atoms with E-state index in [1.165, 1.54) is 12.2 Å². The Morgan fingerprint density at radius 2 is 2.00 bits per heavy atom. The Morgan fingerprint density at radius 3 is 2.84 bits per heavy atom. The van der Waals surface area contributed by atoms with Gasteiger partial charge in [0.1, 0.15) is 5.82 Å². The molecule has 2 heterocycles. The van der Waals surface area contributed by atoms with Crippen LogP contribution in [-0.4, -0.2) is 34.7 Å². The fourth-order valence-electron chi connectivity index (χ4n) is 2.57. The average Bonchev–Trinajstić information content (AvgIpc) is 2.75. The number of hydrogen-bond acceptors (Lipinski definition) is 4. The monoisotopic (exact) mass is 274 g/mol. The van der Waals surface area contributed by atoms with Gasteiger partial charge < -0.3 is 10.0 Å². The van der Waals surface area contributed by atoms with Crippen LogP contribution in [0.15, 0.2) is 30.5 Å². The molecule has 1 saturated heterocycles. The molecule has 0 spiro atoms. The van der Waals surface area contributed by atoms with E-state index in [1.54, 1.807) is 0 Å². The van der Waals surface area contributed by atoms with Gasteiger partial charge in [0.2, 0.25) is 0 Å². The number of nitrogens with zero attached hydrogens (tertiary/aromatic N) is 2. The molecule has 0 radical (unpaired) electrons. The third-order valence-electron chi connectivity index (χ3n) is 3.55. The Kier molecular flexibility index (Phi) is 3.89. The number of thioether (sulfide) groups is 1. The number of pyridine rings is 1. The Balaban J connectivity index is 2.08. The van der Waals surface area contributed by atoms with Crippen LogP contribution in [0.25, 0.3) is 10.8 Å². The van der Waals surface area contributed by atoms with Crippen LogP contribution in [-0.2, 0) is 6.61 Å². The second-order valence-electron chi connectivity index (χ2n) is 4.76. The lowest BCUT2D eigenvalue weighted by molar-refractivity contribution is 0.283. The fraction of sp³-hybridized carbons (Fsp3) is 0.400. The van der Waals surface area contributed by atoms with E-state index >= 15 is 0 Å². The molecule has 4 heteroatoms. The van der Waals surface area contributed by atoms with Gasteiger partial charge in [-0.15, -0.1) is 0 Å². The first-order valence-corrected chi connectivity index (χ1v) is 7.86. The summed E-state index contributed by atoms with van der Waals surface area (Å²) >= 11 is 2.02. The van der Waals surface area contributed by atoms with E-state index in [-0.39, 0.29) is 6.61 Å². The lowest BCUT2D eigenvalue weighted by Crippen LogP contribution is -2.26. The van der Waals surface area contributed by atoms with Crippen molar-refractivity contribution in [2.24, 2.45) is 0 Å². The van der Waals surface area contributed by atoms with E-state index in [0.717, 1.165) is 41.0 Å². The zero-order chi connectivity index (χ0) is 13.1. The van der Waals surface area contributed by atoms with E-state index in [1.807, 2.05) is 30.1 Å². The molecule has 0 amide bonds. The highest BCUT2D eigenvalue weighted by atomic mass is 32.2. The van der Waals surface area contributed by atoms with Crippen LogP contribution in [0.3, 0.4) is 0 Å². The van der Waals surface area contributed by atoms with Crippen LogP contribution in [0.2, 0.25) is 0 Å². The molecule has 1 aliphatic heterocycles. The molecule has 1 aromatic heterocycles. The Labute approximate surface area is 117 Å². The Morgan fingerprint density at radius 1 is 1.16 bits per heavy atom. The molecule has 19 heavy (non-hydrogen) atoms. The summed E-state index contributed by atoms with van der Waals surface area (Å²) in [6.07, 6.45) is 3.03. The topological polar surface area (TPSA) is 36.4 Å². The van der Waals surface area contributed by atoms with Gasteiger partial charge in [0.15, 0.2) is 0 Å². The van der Waals surface area contributed by atoms with Crippen molar-refractivity contribution in [3.05, 3.63) is 36.0 Å². The third kappa shape index (κ3) is 2.55. The summed E-state index contributed by atoms with van der Waals surface area (Å²) in [5.41, 5.74) is 0.906. The van der Waals surface area contributed by atoms with Gasteiger partial charge in [-0.3, -0.25) is 0 Å². The molecule has 3 rings (SSSR count). The molecule has 2 aromatic rings. The maximum atomic E-state index is 9.42. The lowest BCUT2D eigenvalue weighted by atomic mass is 10.1. The van der Waals surface area contributed by atoms with Crippen molar-refractivity contribution >= 4 is 28.4 Å². The molecular formula is C15H18N2OS. The van der Waals surface area contributed by atoms with E-state index in [4.69, 9.17) is 0 Å². The maximum Gasteiger partial charge on any atom is 0.136 e. The molecular weight excluding hydrogens is 256 g/mol. The van der Waals surface area contributed by atoms with Crippen molar-refractivity contribution in [2.45, 2.75) is 13.0 Å². The van der Waals surface area contributed by atoms with Crippen molar-refractivity contribution < 1.29 is 5.11 Å². The second-order valence-corrected chi connectivity index (χ2v) is 5.99. The van der Waals surface area contributed by atoms with Gasteiger partial charge in [-0.2, -0.15) is 11.8 Å². The lowest BCUT2D eigenvalue weighted by Gasteiger charge is -2.23. The zero-order valence-electron chi connectivity index (χ0n) is 10.9. The van der Waals surface area contributed by atoms with Crippen molar-refractivity contribution in [1.82, 2.24) is 4.98 Å². The molecule has 0 aliphatic carbocycles. The van der Waals surface area contributed by atoms with Gasteiger partial charge in [0.05, 0.1) is 6.61 Å². The number of aliphatic hydroxyl groups excluding tert-OH is 1. The van der Waals surface area contributed by atoms with Crippen LogP contribution in [0, 0.1) is 0 Å². The van der Waals surface area contributed by atoms with Gasteiger partial charge in [0, 0.05) is 36.0 Å². The zero-order valence-corrected chi connectivity index (χ0v) is 11.7. The van der Waals surface area contributed by atoms with E-state index in [2.05, 4.69) is 22.0 Å². The van der Waals surface area contributed by atoms with E-state index < -0.39 is 0 Å². The fourth-order valence-corrected chi connectivity index (χ4v) is 3.46. The van der Waals surface area contributed by atoms with Gasteiger partial charge >= 0.3 is 0 Å². The highest BCUT2D eigenvalue weighted by molar-refractivity contribution is 7.99. The quantitative estimate of drug-likeness (QED) is 0.913. The Hall–Kier alpha value is -1.26. The number of aliphatic hydroxyl groups is 1. The summed E-state index contributed by atoms with van der Waals surface area (Å²) in [6, 6.07) is 8.23. The van der Waals surface area contributed by atoms with Crippen LogP contribution >= 0.6 is 11.8 Å². The molecule has 1 aliphatic rings. The number of aromatic nitrogens is 1. The summed E-state index contributed by atoms with van der Waals surface area (Å²) in [5.74, 6) is 3.47. The predicted molar refractivity (Wildman–Crippen MR) is 81.8 cm³/mol. The minimum Gasteiger partial charge on any atom is -0.392 e. The maximum absolute atomic E-state index is 9.42.